The van der Waals surface area contributed by atoms with Gasteiger partial charge < -0.3 is 0 Å². The maximum atomic E-state index is 12.7. The van der Waals surface area contributed by atoms with Gasteiger partial charge in [0.05, 0.1) is 16.7 Å². The predicted molar refractivity (Wildman–Crippen MR) is 111 cm³/mol. The van der Waals surface area contributed by atoms with Crippen molar-refractivity contribution in [1.29, 1.82) is 0 Å². The van der Waals surface area contributed by atoms with E-state index in [0.29, 0.717) is 6.07 Å². The minimum atomic E-state index is -4.66. The van der Waals surface area contributed by atoms with Crippen molar-refractivity contribution in [1.82, 2.24) is 0 Å². The number of anilines is 1. The number of nitrogens with one attached hydrogen (secondary N) is 1. The third-order valence-corrected chi connectivity index (χ3v) is 5.07. The molecule has 0 aliphatic rings. The van der Waals surface area contributed by atoms with Crippen LogP contribution in [-0.2, 0) is 6.18 Å². The molecular formula is C21H16F3N3O2S. The molecule has 0 aliphatic carbocycles. The molecule has 3 aromatic rings. The Kier molecular flexibility index (Phi) is 6.41. The molecule has 0 atom stereocenters. The van der Waals surface area contributed by atoms with E-state index in [1.54, 1.807) is 11.8 Å². The standard InChI is InChI=1S/C21H16F3N3O2S/c1-14-2-7-17(8-3-14)30-18-9-4-15(5-10-18)13-25-26-19-11-6-16(21(22,23)24)12-20(19)27(28)29/h2-13,26H,1H3/b25-13+. The van der Waals surface area contributed by atoms with Crippen molar-refractivity contribution in [3.63, 3.8) is 0 Å². The number of alkyl halides is 3. The minimum absolute atomic E-state index is 0.129. The number of hydrogen-bond acceptors (Lipinski definition) is 5. The van der Waals surface area contributed by atoms with E-state index in [2.05, 4.69) is 10.5 Å². The van der Waals surface area contributed by atoms with E-state index in [9.17, 15) is 23.3 Å². The molecule has 1 N–H and O–H groups in total. The number of nitro benzene ring substituents is 1. The number of hydrogen-bond donors (Lipinski definition) is 1. The van der Waals surface area contributed by atoms with E-state index in [1.165, 1.54) is 11.8 Å². The van der Waals surface area contributed by atoms with Crippen molar-refractivity contribution < 1.29 is 18.1 Å². The Balaban J connectivity index is 1.68. The van der Waals surface area contributed by atoms with Crippen molar-refractivity contribution in [3.8, 4) is 0 Å². The molecule has 0 spiro atoms. The van der Waals surface area contributed by atoms with E-state index >= 15 is 0 Å². The maximum Gasteiger partial charge on any atom is 0.416 e. The van der Waals surface area contributed by atoms with Gasteiger partial charge in [-0.05, 0) is 48.9 Å². The minimum Gasteiger partial charge on any atom is -0.272 e. The van der Waals surface area contributed by atoms with Crippen LogP contribution in [0.5, 0.6) is 0 Å². The molecule has 0 aliphatic heterocycles. The summed E-state index contributed by atoms with van der Waals surface area (Å²) < 4.78 is 38.2. The summed E-state index contributed by atoms with van der Waals surface area (Å²) in [5.41, 5.74) is 2.43. The normalized spacial score (nSPS) is 11.6. The highest BCUT2D eigenvalue weighted by atomic mass is 32.2. The molecule has 3 aromatic carbocycles. The van der Waals surface area contributed by atoms with Crippen LogP contribution < -0.4 is 5.43 Å². The van der Waals surface area contributed by atoms with Crippen LogP contribution in [-0.4, -0.2) is 11.1 Å². The molecular weight excluding hydrogens is 415 g/mol. The largest absolute Gasteiger partial charge is 0.416 e. The van der Waals surface area contributed by atoms with Gasteiger partial charge in [0, 0.05) is 15.9 Å². The van der Waals surface area contributed by atoms with Crippen molar-refractivity contribution in [2.24, 2.45) is 5.10 Å². The molecule has 0 amide bonds. The summed E-state index contributed by atoms with van der Waals surface area (Å²) in [5.74, 6) is 0. The summed E-state index contributed by atoms with van der Waals surface area (Å²) >= 11 is 1.61. The van der Waals surface area contributed by atoms with Gasteiger partial charge in [0.25, 0.3) is 5.69 Å². The van der Waals surface area contributed by atoms with Crippen LogP contribution in [0.1, 0.15) is 16.7 Å². The molecule has 3 rings (SSSR count). The molecule has 30 heavy (non-hydrogen) atoms. The summed E-state index contributed by atoms with van der Waals surface area (Å²) in [6.07, 6.45) is -3.23. The van der Waals surface area contributed by atoms with Crippen LogP contribution in [0.4, 0.5) is 24.5 Å². The average molecular weight is 431 g/mol. The quantitative estimate of drug-likeness (QED) is 0.274. The van der Waals surface area contributed by atoms with Gasteiger partial charge in [0.2, 0.25) is 0 Å². The molecule has 0 saturated carbocycles. The highest BCUT2D eigenvalue weighted by Gasteiger charge is 2.33. The molecule has 0 fully saturated rings. The van der Waals surface area contributed by atoms with Crippen LogP contribution in [0.25, 0.3) is 0 Å². The number of aryl methyl sites for hydroxylation is 1. The second kappa shape index (κ2) is 9.00. The number of hydrazone groups is 1. The van der Waals surface area contributed by atoms with Gasteiger partial charge in [-0.25, -0.2) is 0 Å². The Morgan fingerprint density at radius 2 is 1.60 bits per heavy atom. The van der Waals surface area contributed by atoms with Gasteiger partial charge in [-0.15, -0.1) is 0 Å². The lowest BCUT2D eigenvalue weighted by molar-refractivity contribution is -0.384. The molecule has 5 nitrogen and oxygen atoms in total. The van der Waals surface area contributed by atoms with E-state index in [1.807, 2.05) is 55.5 Å². The number of benzene rings is 3. The van der Waals surface area contributed by atoms with Crippen molar-refractivity contribution in [3.05, 3.63) is 93.5 Å². The van der Waals surface area contributed by atoms with Crippen LogP contribution in [0.3, 0.4) is 0 Å². The third kappa shape index (κ3) is 5.60. The van der Waals surface area contributed by atoms with Crippen molar-refractivity contribution in [2.45, 2.75) is 22.9 Å². The number of nitrogens with zero attached hydrogens (tertiary/aromatic N) is 2. The first-order valence-electron chi connectivity index (χ1n) is 8.72. The average Bonchev–Trinajstić information content (AvgIpc) is 2.70. The molecule has 154 valence electrons. The SMILES string of the molecule is Cc1ccc(Sc2ccc(/C=N/Nc3ccc(C(F)(F)F)cc3[N+](=O)[O-])cc2)cc1. The first kappa shape index (κ1) is 21.4. The topological polar surface area (TPSA) is 67.5 Å². The van der Waals surface area contributed by atoms with E-state index in [4.69, 9.17) is 0 Å². The summed E-state index contributed by atoms with van der Waals surface area (Å²) in [4.78, 5) is 12.3. The van der Waals surface area contributed by atoms with Crippen molar-refractivity contribution in [2.75, 3.05) is 5.43 Å². The molecule has 0 unspecified atom stereocenters. The second-order valence-electron chi connectivity index (χ2n) is 6.34. The Labute approximate surface area is 174 Å². The number of nitro groups is 1. The summed E-state index contributed by atoms with van der Waals surface area (Å²) in [5, 5.41) is 15.0. The summed E-state index contributed by atoms with van der Waals surface area (Å²) in [6, 6.07) is 17.8. The fourth-order valence-corrected chi connectivity index (χ4v) is 3.31. The van der Waals surface area contributed by atoms with Crippen LogP contribution in [0.15, 0.2) is 81.6 Å². The van der Waals surface area contributed by atoms with Gasteiger partial charge in [-0.2, -0.15) is 18.3 Å². The molecule has 0 saturated heterocycles. The Morgan fingerprint density at radius 3 is 2.17 bits per heavy atom. The molecule has 0 bridgehead atoms. The lowest BCUT2D eigenvalue weighted by Gasteiger charge is -2.08. The monoisotopic (exact) mass is 431 g/mol. The maximum absolute atomic E-state index is 12.7. The molecule has 9 heteroatoms. The lowest BCUT2D eigenvalue weighted by atomic mass is 10.1. The van der Waals surface area contributed by atoms with E-state index < -0.39 is 22.4 Å². The summed E-state index contributed by atoms with van der Waals surface area (Å²) in [6.45, 7) is 2.02. The van der Waals surface area contributed by atoms with Crippen LogP contribution in [0.2, 0.25) is 0 Å². The van der Waals surface area contributed by atoms with Crippen LogP contribution >= 0.6 is 11.8 Å². The van der Waals surface area contributed by atoms with Gasteiger partial charge in [-0.1, -0.05) is 41.6 Å². The number of halogens is 3. The zero-order valence-electron chi connectivity index (χ0n) is 15.7. The van der Waals surface area contributed by atoms with Crippen molar-refractivity contribution >= 4 is 29.4 Å². The zero-order chi connectivity index (χ0) is 21.7. The summed E-state index contributed by atoms with van der Waals surface area (Å²) in [7, 11) is 0. The smallest absolute Gasteiger partial charge is 0.272 e. The lowest BCUT2D eigenvalue weighted by Crippen LogP contribution is -2.06. The highest BCUT2D eigenvalue weighted by Crippen LogP contribution is 2.35. The van der Waals surface area contributed by atoms with E-state index in [0.717, 1.165) is 27.5 Å². The molecule has 0 radical (unpaired) electrons. The Morgan fingerprint density at radius 1 is 1.00 bits per heavy atom. The van der Waals surface area contributed by atoms with Gasteiger partial charge >= 0.3 is 6.18 Å². The van der Waals surface area contributed by atoms with Gasteiger partial charge in [0.15, 0.2) is 0 Å². The first-order valence-corrected chi connectivity index (χ1v) is 9.53. The third-order valence-electron chi connectivity index (χ3n) is 4.06. The predicted octanol–water partition coefficient (Wildman–Crippen LogP) is 6.52. The van der Waals surface area contributed by atoms with E-state index in [-0.39, 0.29) is 5.69 Å². The van der Waals surface area contributed by atoms with Gasteiger partial charge in [-0.3, -0.25) is 15.5 Å². The Hall–Kier alpha value is -3.33. The zero-order valence-corrected chi connectivity index (χ0v) is 16.5. The highest BCUT2D eigenvalue weighted by molar-refractivity contribution is 7.99. The number of rotatable bonds is 6. The van der Waals surface area contributed by atoms with Gasteiger partial charge in [0.1, 0.15) is 5.69 Å². The second-order valence-corrected chi connectivity index (χ2v) is 7.49. The Bertz CT molecular complexity index is 1070. The fraction of sp³-hybridized carbons (Fsp3) is 0.0952. The molecule has 0 heterocycles. The molecule has 0 aromatic heterocycles. The first-order chi connectivity index (χ1) is 14.2. The fourth-order valence-electron chi connectivity index (χ4n) is 2.49. The van der Waals surface area contributed by atoms with Crippen LogP contribution in [0, 0.1) is 17.0 Å².